The second-order valence-corrected chi connectivity index (χ2v) is 8.39. The summed E-state index contributed by atoms with van der Waals surface area (Å²) >= 11 is 0. The molecule has 0 N–H and O–H groups in total. The minimum absolute atomic E-state index is 0.00400. The Hall–Kier alpha value is -2.73. The number of aryl methyl sites for hydroxylation is 1. The molecule has 5 nitrogen and oxygen atoms in total. The molecule has 2 aliphatic heterocycles. The molecule has 2 aliphatic rings. The molecule has 6 heteroatoms. The lowest BCUT2D eigenvalue weighted by molar-refractivity contribution is -0.137. The number of carbonyl (C=O) groups excluding carboxylic acids is 2. The highest BCUT2D eigenvalue weighted by molar-refractivity contribution is 5.89. The van der Waals surface area contributed by atoms with Crippen LogP contribution in [0.15, 0.2) is 48.5 Å². The quantitative estimate of drug-likeness (QED) is 0.763. The van der Waals surface area contributed by atoms with Crippen molar-refractivity contribution in [3.8, 4) is 0 Å². The normalized spacial score (nSPS) is 20.1. The number of likely N-dealkylation sites (tertiary alicyclic amines) is 1. The summed E-state index contributed by atoms with van der Waals surface area (Å²) in [5.74, 6) is -0.488. The van der Waals surface area contributed by atoms with Gasteiger partial charge in [0, 0.05) is 52.2 Å². The molecule has 0 radical (unpaired) electrons. The molecular weight excluding hydrogens is 381 g/mol. The van der Waals surface area contributed by atoms with Crippen LogP contribution in [0.5, 0.6) is 0 Å². The maximum Gasteiger partial charge on any atom is 0.228 e. The predicted molar refractivity (Wildman–Crippen MR) is 113 cm³/mol. The Morgan fingerprint density at radius 1 is 0.933 bits per heavy atom. The minimum atomic E-state index is -0.291. The van der Waals surface area contributed by atoms with E-state index in [9.17, 15) is 14.0 Å². The fourth-order valence-corrected chi connectivity index (χ4v) is 4.24. The summed E-state index contributed by atoms with van der Waals surface area (Å²) in [5.41, 5.74) is 3.43. The summed E-state index contributed by atoms with van der Waals surface area (Å²) in [7, 11) is 0. The van der Waals surface area contributed by atoms with Crippen molar-refractivity contribution in [3.63, 3.8) is 0 Å². The molecule has 1 atom stereocenters. The Bertz CT molecular complexity index is 890. The number of carbonyl (C=O) groups is 2. The lowest BCUT2D eigenvalue weighted by atomic mass is 10.1. The molecule has 1 unspecified atom stereocenters. The number of hydrogen-bond donors (Lipinski definition) is 0. The van der Waals surface area contributed by atoms with Gasteiger partial charge in [0.2, 0.25) is 11.8 Å². The summed E-state index contributed by atoms with van der Waals surface area (Å²) in [4.78, 5) is 31.4. The topological polar surface area (TPSA) is 43.9 Å². The van der Waals surface area contributed by atoms with Gasteiger partial charge in [-0.15, -0.1) is 0 Å². The van der Waals surface area contributed by atoms with Crippen molar-refractivity contribution in [1.29, 1.82) is 0 Å². The number of halogens is 1. The molecule has 2 saturated heterocycles. The average molecular weight is 410 g/mol. The van der Waals surface area contributed by atoms with E-state index in [0.717, 1.165) is 25.2 Å². The third kappa shape index (κ3) is 4.87. The fourth-order valence-electron chi connectivity index (χ4n) is 4.24. The molecule has 2 amide bonds. The monoisotopic (exact) mass is 409 g/mol. The first-order chi connectivity index (χ1) is 14.5. The van der Waals surface area contributed by atoms with E-state index in [1.165, 1.54) is 23.3 Å². The molecule has 0 bridgehead atoms. The van der Waals surface area contributed by atoms with Crippen molar-refractivity contribution in [2.75, 3.05) is 32.7 Å². The van der Waals surface area contributed by atoms with E-state index in [1.807, 2.05) is 4.90 Å². The molecule has 4 rings (SSSR count). The largest absolute Gasteiger partial charge is 0.340 e. The van der Waals surface area contributed by atoms with E-state index < -0.39 is 0 Å². The van der Waals surface area contributed by atoms with Crippen molar-refractivity contribution < 1.29 is 14.0 Å². The first-order valence-corrected chi connectivity index (χ1v) is 10.6. The maximum absolute atomic E-state index is 13.1. The number of benzene rings is 2. The standard InChI is InChI=1S/C24H28FN3O2/c1-18-2-4-19(5-3-18)15-26-10-12-27(13-11-26)24(30)21-14-23(29)28(17-21)16-20-6-8-22(25)9-7-20/h2-9,21H,10-17H2,1H3. The molecular formula is C24H28FN3O2. The number of amides is 2. The first-order valence-electron chi connectivity index (χ1n) is 10.6. The van der Waals surface area contributed by atoms with Gasteiger partial charge in [0.1, 0.15) is 5.82 Å². The molecule has 0 aliphatic carbocycles. The Morgan fingerprint density at radius 2 is 1.53 bits per heavy atom. The van der Waals surface area contributed by atoms with Gasteiger partial charge in [0.15, 0.2) is 0 Å². The molecule has 0 spiro atoms. The number of piperazine rings is 1. The Balaban J connectivity index is 1.27. The molecule has 30 heavy (non-hydrogen) atoms. The van der Waals surface area contributed by atoms with Crippen molar-refractivity contribution in [3.05, 3.63) is 71.0 Å². The van der Waals surface area contributed by atoms with E-state index in [2.05, 4.69) is 36.1 Å². The van der Waals surface area contributed by atoms with Gasteiger partial charge in [-0.25, -0.2) is 4.39 Å². The van der Waals surface area contributed by atoms with E-state index in [-0.39, 0.29) is 30.0 Å². The predicted octanol–water partition coefficient (Wildman–Crippen LogP) is 2.83. The number of rotatable bonds is 5. The van der Waals surface area contributed by atoms with Crippen LogP contribution in [0.1, 0.15) is 23.1 Å². The minimum Gasteiger partial charge on any atom is -0.340 e. The van der Waals surface area contributed by atoms with Crippen LogP contribution in [0.2, 0.25) is 0 Å². The molecule has 2 aromatic carbocycles. The van der Waals surface area contributed by atoms with E-state index in [0.29, 0.717) is 26.2 Å². The van der Waals surface area contributed by atoms with E-state index in [1.54, 1.807) is 17.0 Å². The van der Waals surface area contributed by atoms with Gasteiger partial charge >= 0.3 is 0 Å². The van der Waals surface area contributed by atoms with Crippen LogP contribution < -0.4 is 0 Å². The first kappa shape index (κ1) is 20.5. The van der Waals surface area contributed by atoms with Gasteiger partial charge < -0.3 is 9.80 Å². The number of hydrogen-bond acceptors (Lipinski definition) is 3. The molecule has 2 fully saturated rings. The van der Waals surface area contributed by atoms with Gasteiger partial charge in [-0.1, -0.05) is 42.0 Å². The SMILES string of the molecule is Cc1ccc(CN2CCN(C(=O)C3CC(=O)N(Cc4ccc(F)cc4)C3)CC2)cc1. The summed E-state index contributed by atoms with van der Waals surface area (Å²) in [5, 5.41) is 0. The number of nitrogens with zero attached hydrogens (tertiary/aromatic N) is 3. The highest BCUT2D eigenvalue weighted by Gasteiger charge is 2.37. The Kier molecular flexibility index (Phi) is 6.13. The maximum atomic E-state index is 13.1. The van der Waals surface area contributed by atoms with Crippen molar-refractivity contribution in [2.45, 2.75) is 26.4 Å². The van der Waals surface area contributed by atoms with Crippen LogP contribution in [0.3, 0.4) is 0 Å². The van der Waals surface area contributed by atoms with Gasteiger partial charge in [0.25, 0.3) is 0 Å². The van der Waals surface area contributed by atoms with Crippen LogP contribution in [0.4, 0.5) is 4.39 Å². The molecule has 2 heterocycles. The third-order valence-corrected chi connectivity index (χ3v) is 6.06. The fraction of sp³-hybridized carbons (Fsp3) is 0.417. The van der Waals surface area contributed by atoms with Crippen molar-refractivity contribution in [2.24, 2.45) is 5.92 Å². The zero-order valence-electron chi connectivity index (χ0n) is 17.4. The van der Waals surface area contributed by atoms with Gasteiger partial charge in [-0.3, -0.25) is 14.5 Å². The summed E-state index contributed by atoms with van der Waals surface area (Å²) in [6.45, 7) is 6.95. The lowest BCUT2D eigenvalue weighted by Gasteiger charge is -2.36. The summed E-state index contributed by atoms with van der Waals surface area (Å²) in [6.07, 6.45) is 0.267. The second-order valence-electron chi connectivity index (χ2n) is 8.39. The lowest BCUT2D eigenvalue weighted by Crippen LogP contribution is -2.50. The average Bonchev–Trinajstić information content (AvgIpc) is 3.12. The van der Waals surface area contributed by atoms with Gasteiger partial charge in [0.05, 0.1) is 5.92 Å². The zero-order valence-corrected chi connectivity index (χ0v) is 17.4. The molecule has 0 saturated carbocycles. The van der Waals surface area contributed by atoms with Crippen LogP contribution in [-0.4, -0.2) is 59.2 Å². The molecule has 158 valence electrons. The highest BCUT2D eigenvalue weighted by atomic mass is 19.1. The molecule has 0 aromatic heterocycles. The summed E-state index contributed by atoms with van der Waals surface area (Å²) < 4.78 is 13.1. The highest BCUT2D eigenvalue weighted by Crippen LogP contribution is 2.23. The van der Waals surface area contributed by atoms with Gasteiger partial charge in [-0.2, -0.15) is 0 Å². The Labute approximate surface area is 177 Å². The van der Waals surface area contributed by atoms with Crippen molar-refractivity contribution >= 4 is 11.8 Å². The van der Waals surface area contributed by atoms with E-state index >= 15 is 0 Å². The van der Waals surface area contributed by atoms with Crippen LogP contribution >= 0.6 is 0 Å². The summed E-state index contributed by atoms with van der Waals surface area (Å²) in [6, 6.07) is 14.7. The van der Waals surface area contributed by atoms with Gasteiger partial charge in [-0.05, 0) is 30.2 Å². The Morgan fingerprint density at radius 3 is 2.20 bits per heavy atom. The second kappa shape index (κ2) is 8.96. The van der Waals surface area contributed by atoms with Crippen LogP contribution in [0.25, 0.3) is 0 Å². The smallest absolute Gasteiger partial charge is 0.228 e. The van der Waals surface area contributed by atoms with Crippen LogP contribution in [-0.2, 0) is 22.7 Å². The molecule has 2 aromatic rings. The van der Waals surface area contributed by atoms with Crippen molar-refractivity contribution in [1.82, 2.24) is 14.7 Å². The third-order valence-electron chi connectivity index (χ3n) is 6.06. The van der Waals surface area contributed by atoms with E-state index in [4.69, 9.17) is 0 Å². The van der Waals surface area contributed by atoms with Crippen LogP contribution in [0, 0.1) is 18.7 Å². The zero-order chi connectivity index (χ0) is 21.1.